The van der Waals surface area contributed by atoms with Gasteiger partial charge in [0.2, 0.25) is 5.82 Å². The van der Waals surface area contributed by atoms with Crippen molar-refractivity contribution in [2.75, 3.05) is 19.6 Å². The SMILES string of the molecule is Cc1cc(C)n2nc(C(=O)N3CCNCC3c3cccc(Cl)c3)nc2n1.Cl.Cl. The number of benzene rings is 1. The van der Waals surface area contributed by atoms with Gasteiger partial charge in [0.05, 0.1) is 6.04 Å². The molecule has 7 nitrogen and oxygen atoms in total. The van der Waals surface area contributed by atoms with E-state index in [1.165, 1.54) is 0 Å². The maximum absolute atomic E-state index is 13.1. The van der Waals surface area contributed by atoms with Gasteiger partial charge in [0.25, 0.3) is 11.7 Å². The number of rotatable bonds is 2. The van der Waals surface area contributed by atoms with Crippen molar-refractivity contribution >= 4 is 48.1 Å². The van der Waals surface area contributed by atoms with E-state index in [2.05, 4.69) is 20.4 Å². The van der Waals surface area contributed by atoms with Gasteiger partial charge in [-0.2, -0.15) is 4.98 Å². The Morgan fingerprint density at radius 2 is 2.00 bits per heavy atom. The lowest BCUT2D eigenvalue weighted by molar-refractivity contribution is 0.0622. The number of carbonyl (C=O) groups excluding carboxylic acids is 1. The summed E-state index contributed by atoms with van der Waals surface area (Å²) >= 11 is 6.13. The van der Waals surface area contributed by atoms with E-state index in [-0.39, 0.29) is 42.6 Å². The molecule has 1 aromatic carbocycles. The first-order valence-electron chi connectivity index (χ1n) is 8.51. The smallest absolute Gasteiger partial charge is 0.294 e. The zero-order valence-corrected chi connectivity index (χ0v) is 17.8. The Labute approximate surface area is 180 Å². The summed E-state index contributed by atoms with van der Waals surface area (Å²) in [5.41, 5.74) is 2.73. The molecule has 0 saturated carbocycles. The number of aryl methyl sites for hydroxylation is 2. The summed E-state index contributed by atoms with van der Waals surface area (Å²) < 4.78 is 1.61. The summed E-state index contributed by atoms with van der Waals surface area (Å²) in [6.45, 7) is 5.79. The molecule has 1 amide bonds. The molecular weight excluding hydrogens is 423 g/mol. The highest BCUT2D eigenvalue weighted by molar-refractivity contribution is 6.30. The van der Waals surface area contributed by atoms with Crippen LogP contribution in [0.5, 0.6) is 0 Å². The van der Waals surface area contributed by atoms with Gasteiger partial charge >= 0.3 is 0 Å². The second kappa shape index (κ2) is 9.05. The number of nitrogens with one attached hydrogen (secondary N) is 1. The van der Waals surface area contributed by atoms with Crippen LogP contribution >= 0.6 is 36.4 Å². The predicted molar refractivity (Wildman–Crippen MR) is 113 cm³/mol. The number of hydrogen-bond acceptors (Lipinski definition) is 5. The average molecular weight is 444 g/mol. The van der Waals surface area contributed by atoms with E-state index in [4.69, 9.17) is 11.6 Å². The summed E-state index contributed by atoms with van der Waals surface area (Å²) in [5, 5.41) is 8.37. The number of fused-ring (bicyclic) bond motifs is 1. The molecule has 150 valence electrons. The number of amides is 1. The molecule has 0 radical (unpaired) electrons. The largest absolute Gasteiger partial charge is 0.326 e. The molecule has 1 N–H and O–H groups in total. The quantitative estimate of drug-likeness (QED) is 0.659. The number of aromatic nitrogens is 4. The van der Waals surface area contributed by atoms with Crippen LogP contribution < -0.4 is 5.32 Å². The van der Waals surface area contributed by atoms with Crippen LogP contribution in [0.15, 0.2) is 30.3 Å². The number of nitrogens with zero attached hydrogens (tertiary/aromatic N) is 5. The summed E-state index contributed by atoms with van der Waals surface area (Å²) in [6, 6.07) is 9.40. The molecule has 1 aliphatic rings. The third-order valence-corrected chi connectivity index (χ3v) is 4.78. The molecule has 1 atom stereocenters. The van der Waals surface area contributed by atoms with Gasteiger partial charge in [-0.05, 0) is 37.6 Å². The van der Waals surface area contributed by atoms with E-state index < -0.39 is 0 Å². The van der Waals surface area contributed by atoms with Gasteiger partial charge in [-0.3, -0.25) is 4.79 Å². The first kappa shape index (κ1) is 22.4. The van der Waals surface area contributed by atoms with Gasteiger partial charge < -0.3 is 10.2 Å². The summed E-state index contributed by atoms with van der Waals surface area (Å²) in [6.07, 6.45) is 0. The maximum atomic E-state index is 13.1. The van der Waals surface area contributed by atoms with Crippen molar-refractivity contribution in [3.63, 3.8) is 0 Å². The number of hydrogen-bond donors (Lipinski definition) is 1. The first-order valence-corrected chi connectivity index (χ1v) is 8.89. The Morgan fingerprint density at radius 3 is 2.75 bits per heavy atom. The van der Waals surface area contributed by atoms with Crippen molar-refractivity contribution in [1.82, 2.24) is 29.8 Å². The third kappa shape index (κ3) is 4.22. The van der Waals surface area contributed by atoms with E-state index in [9.17, 15) is 4.79 Å². The molecule has 2 aromatic heterocycles. The highest BCUT2D eigenvalue weighted by Crippen LogP contribution is 2.25. The first-order chi connectivity index (χ1) is 12.5. The van der Waals surface area contributed by atoms with Crippen LogP contribution in [0.4, 0.5) is 0 Å². The van der Waals surface area contributed by atoms with E-state index >= 15 is 0 Å². The molecule has 0 bridgehead atoms. The van der Waals surface area contributed by atoms with Crippen molar-refractivity contribution in [1.29, 1.82) is 0 Å². The Bertz CT molecular complexity index is 993. The van der Waals surface area contributed by atoms with Crippen LogP contribution in [-0.4, -0.2) is 50.0 Å². The minimum absolute atomic E-state index is 0. The molecule has 4 rings (SSSR count). The van der Waals surface area contributed by atoms with Gasteiger partial charge in [0.15, 0.2) is 0 Å². The number of piperazine rings is 1. The minimum atomic E-state index is -0.195. The summed E-state index contributed by atoms with van der Waals surface area (Å²) in [4.78, 5) is 23.7. The molecule has 3 aromatic rings. The highest BCUT2D eigenvalue weighted by atomic mass is 35.5. The minimum Gasteiger partial charge on any atom is -0.326 e. The normalized spacial score (nSPS) is 16.4. The Balaban J connectivity index is 0.00000140. The molecule has 1 saturated heterocycles. The van der Waals surface area contributed by atoms with Crippen LogP contribution in [0.3, 0.4) is 0 Å². The summed E-state index contributed by atoms with van der Waals surface area (Å²) in [5.74, 6) is 0.416. The standard InChI is InChI=1S/C18H19ClN6O.2ClH/c1-11-8-12(2)25-18(21-11)22-16(23-25)17(26)24-7-6-20-10-15(24)13-4-3-5-14(19)9-13;;/h3-5,8-9,15,20H,6-7,10H2,1-2H3;2*1H. The lowest BCUT2D eigenvalue weighted by Gasteiger charge is -2.35. The van der Waals surface area contributed by atoms with Crippen LogP contribution in [0.1, 0.15) is 33.6 Å². The van der Waals surface area contributed by atoms with E-state index in [0.29, 0.717) is 23.9 Å². The van der Waals surface area contributed by atoms with E-state index in [0.717, 1.165) is 23.5 Å². The fourth-order valence-corrected chi connectivity index (χ4v) is 3.54. The topological polar surface area (TPSA) is 75.4 Å². The zero-order chi connectivity index (χ0) is 18.3. The molecule has 28 heavy (non-hydrogen) atoms. The Morgan fingerprint density at radius 1 is 1.21 bits per heavy atom. The van der Waals surface area contributed by atoms with Crippen molar-refractivity contribution in [2.45, 2.75) is 19.9 Å². The van der Waals surface area contributed by atoms with Gasteiger partial charge in [-0.25, -0.2) is 9.50 Å². The second-order valence-corrected chi connectivity index (χ2v) is 6.90. The molecule has 3 heterocycles. The van der Waals surface area contributed by atoms with E-state index in [1.54, 1.807) is 9.42 Å². The zero-order valence-electron chi connectivity index (χ0n) is 15.4. The maximum Gasteiger partial charge on any atom is 0.294 e. The van der Waals surface area contributed by atoms with Crippen LogP contribution in [0.2, 0.25) is 5.02 Å². The van der Waals surface area contributed by atoms with Crippen LogP contribution in [0.25, 0.3) is 5.78 Å². The second-order valence-electron chi connectivity index (χ2n) is 6.46. The predicted octanol–water partition coefficient (Wildman–Crippen LogP) is 3.02. The van der Waals surface area contributed by atoms with Crippen molar-refractivity contribution in [3.05, 3.63) is 58.1 Å². The molecular formula is C18H21Cl3N6O. The van der Waals surface area contributed by atoms with Crippen molar-refractivity contribution in [3.8, 4) is 0 Å². The summed E-state index contributed by atoms with van der Waals surface area (Å²) in [7, 11) is 0. The molecule has 1 fully saturated rings. The monoisotopic (exact) mass is 442 g/mol. The van der Waals surface area contributed by atoms with Gasteiger partial charge in [0.1, 0.15) is 0 Å². The molecule has 1 unspecified atom stereocenters. The van der Waals surface area contributed by atoms with Gasteiger partial charge in [0, 0.05) is 36.0 Å². The molecule has 0 spiro atoms. The number of carbonyl (C=O) groups is 1. The lowest BCUT2D eigenvalue weighted by atomic mass is 10.0. The highest BCUT2D eigenvalue weighted by Gasteiger charge is 2.31. The van der Waals surface area contributed by atoms with Gasteiger partial charge in [-0.1, -0.05) is 23.7 Å². The lowest BCUT2D eigenvalue weighted by Crippen LogP contribution is -2.49. The van der Waals surface area contributed by atoms with Crippen molar-refractivity contribution in [2.24, 2.45) is 0 Å². The van der Waals surface area contributed by atoms with Crippen LogP contribution in [0, 0.1) is 13.8 Å². The molecule has 1 aliphatic heterocycles. The average Bonchev–Trinajstić information content (AvgIpc) is 3.05. The van der Waals surface area contributed by atoms with Gasteiger partial charge in [-0.15, -0.1) is 29.9 Å². The fraction of sp³-hybridized carbons (Fsp3) is 0.333. The van der Waals surface area contributed by atoms with E-state index in [1.807, 2.05) is 44.2 Å². The fourth-order valence-electron chi connectivity index (χ4n) is 3.34. The van der Waals surface area contributed by atoms with Crippen molar-refractivity contribution < 1.29 is 4.79 Å². The third-order valence-electron chi connectivity index (χ3n) is 4.55. The Kier molecular flexibility index (Phi) is 7.22. The molecule has 10 heteroatoms. The number of halogens is 3. The van der Waals surface area contributed by atoms with Crippen LogP contribution in [-0.2, 0) is 0 Å². The molecule has 0 aliphatic carbocycles. The Hall–Kier alpha value is -1.93.